The van der Waals surface area contributed by atoms with E-state index in [1.807, 2.05) is 6.07 Å². The van der Waals surface area contributed by atoms with Gasteiger partial charge in [-0.15, -0.1) is 0 Å². The predicted octanol–water partition coefficient (Wildman–Crippen LogP) is 3.62. The lowest BCUT2D eigenvalue weighted by atomic mass is 9.69. The summed E-state index contributed by atoms with van der Waals surface area (Å²) in [5.74, 6) is 1.92. The van der Waals surface area contributed by atoms with E-state index < -0.39 is 0 Å². The Bertz CT molecular complexity index is 785. The van der Waals surface area contributed by atoms with Crippen LogP contribution >= 0.6 is 11.5 Å². The van der Waals surface area contributed by atoms with Crippen LogP contribution in [0.1, 0.15) is 37.6 Å². The Morgan fingerprint density at radius 3 is 2.66 bits per heavy atom. The molecule has 2 aliphatic rings. The van der Waals surface area contributed by atoms with Crippen LogP contribution in [0.25, 0.3) is 0 Å². The van der Waals surface area contributed by atoms with Gasteiger partial charge in [0, 0.05) is 63.2 Å². The van der Waals surface area contributed by atoms with E-state index in [1.54, 1.807) is 7.11 Å². The maximum absolute atomic E-state index is 6.24. The third-order valence-corrected chi connectivity index (χ3v) is 6.96. The zero-order valence-electron chi connectivity index (χ0n) is 17.6. The molecule has 1 saturated heterocycles. The molecule has 0 amide bonds. The summed E-state index contributed by atoms with van der Waals surface area (Å²) in [7, 11) is 1.73. The smallest absolute Gasteiger partial charge is 0.205 e. The average Bonchev–Trinajstić information content (AvgIpc) is 3.20. The van der Waals surface area contributed by atoms with Crippen LogP contribution in [0.3, 0.4) is 0 Å². The minimum atomic E-state index is 0.303. The van der Waals surface area contributed by atoms with Crippen LogP contribution in [-0.2, 0) is 17.8 Å². The van der Waals surface area contributed by atoms with Gasteiger partial charge in [-0.3, -0.25) is 4.90 Å². The third-order valence-electron chi connectivity index (χ3n) is 6.14. The van der Waals surface area contributed by atoms with Crippen molar-refractivity contribution in [3.63, 3.8) is 0 Å². The fraction of sp³-hybridized carbons (Fsp3) is 0.636. The lowest BCUT2D eigenvalue weighted by molar-refractivity contribution is 0.0161. The molecule has 2 fully saturated rings. The van der Waals surface area contributed by atoms with E-state index in [2.05, 4.69) is 44.3 Å². The molecule has 0 unspecified atom stereocenters. The number of ether oxygens (including phenoxy) is 2. The molecular weight excluding hydrogens is 384 g/mol. The molecule has 0 radical (unpaired) electrons. The summed E-state index contributed by atoms with van der Waals surface area (Å²) in [6.07, 6.45) is 4.76. The molecule has 1 saturated carbocycles. The van der Waals surface area contributed by atoms with Crippen LogP contribution in [0.5, 0.6) is 5.75 Å². The van der Waals surface area contributed by atoms with Crippen molar-refractivity contribution in [1.29, 1.82) is 0 Å². The average molecular weight is 417 g/mol. The molecule has 2 aromatic rings. The van der Waals surface area contributed by atoms with Gasteiger partial charge >= 0.3 is 0 Å². The summed E-state index contributed by atoms with van der Waals surface area (Å²) in [6.45, 7) is 8.93. The zero-order valence-corrected chi connectivity index (χ0v) is 18.4. The minimum absolute atomic E-state index is 0.303. The maximum Gasteiger partial charge on any atom is 0.205 e. The Labute approximate surface area is 178 Å². The van der Waals surface area contributed by atoms with Gasteiger partial charge in [-0.1, -0.05) is 25.5 Å². The first kappa shape index (κ1) is 20.6. The van der Waals surface area contributed by atoms with Gasteiger partial charge in [0.05, 0.1) is 13.2 Å². The van der Waals surface area contributed by atoms with Gasteiger partial charge in [-0.05, 0) is 30.5 Å². The molecule has 0 atom stereocenters. The van der Waals surface area contributed by atoms with E-state index in [4.69, 9.17) is 9.47 Å². The zero-order chi connectivity index (χ0) is 20.1. The molecular formula is C22H32N4O2S. The Morgan fingerprint density at radius 2 is 2.00 bits per heavy atom. The molecule has 158 valence electrons. The molecule has 29 heavy (non-hydrogen) atoms. The second-order valence-electron chi connectivity index (χ2n) is 8.33. The van der Waals surface area contributed by atoms with Crippen LogP contribution in [-0.4, -0.2) is 60.7 Å². The van der Waals surface area contributed by atoms with Crippen molar-refractivity contribution in [2.75, 3.05) is 51.3 Å². The lowest BCUT2D eigenvalue weighted by Crippen LogP contribution is -2.53. The largest absolute Gasteiger partial charge is 0.493 e. The van der Waals surface area contributed by atoms with E-state index in [0.717, 1.165) is 68.0 Å². The number of nitrogens with zero attached hydrogens (tertiary/aromatic N) is 4. The molecule has 0 bridgehead atoms. The highest BCUT2D eigenvalue weighted by molar-refractivity contribution is 7.09. The van der Waals surface area contributed by atoms with Crippen molar-refractivity contribution in [2.24, 2.45) is 5.41 Å². The summed E-state index contributed by atoms with van der Waals surface area (Å²) >= 11 is 1.54. The number of anilines is 1. The standard InChI is InChI=1S/C22H32N4O2S/c1-3-20-23-21(29-24-20)26-12-10-25(11-13-26)16-22(8-5-9-22)17-28-19-7-4-6-18(14-19)15-27-2/h4,6-7,14H,3,5,8-13,15-17H2,1-2H3. The van der Waals surface area contributed by atoms with E-state index >= 15 is 0 Å². The van der Waals surface area contributed by atoms with Crippen molar-refractivity contribution in [1.82, 2.24) is 14.3 Å². The Morgan fingerprint density at radius 1 is 1.17 bits per heavy atom. The number of benzene rings is 1. The number of aromatic nitrogens is 2. The first-order chi connectivity index (χ1) is 14.2. The van der Waals surface area contributed by atoms with Crippen molar-refractivity contribution in [2.45, 2.75) is 39.2 Å². The highest BCUT2D eigenvalue weighted by Crippen LogP contribution is 2.42. The van der Waals surface area contributed by atoms with Gasteiger partial charge in [0.2, 0.25) is 5.13 Å². The highest BCUT2D eigenvalue weighted by Gasteiger charge is 2.40. The van der Waals surface area contributed by atoms with E-state index in [9.17, 15) is 0 Å². The van der Waals surface area contributed by atoms with Gasteiger partial charge < -0.3 is 14.4 Å². The molecule has 1 aromatic heterocycles. The molecule has 1 aliphatic heterocycles. The van der Waals surface area contributed by atoms with Crippen molar-refractivity contribution in [3.8, 4) is 5.75 Å². The Hall–Kier alpha value is -1.70. The predicted molar refractivity (Wildman–Crippen MR) is 117 cm³/mol. The molecule has 4 rings (SSSR count). The topological polar surface area (TPSA) is 50.7 Å². The first-order valence-corrected chi connectivity index (χ1v) is 11.5. The Balaban J connectivity index is 1.28. The van der Waals surface area contributed by atoms with Gasteiger partial charge in [-0.2, -0.15) is 4.37 Å². The molecule has 2 heterocycles. The van der Waals surface area contributed by atoms with E-state index in [1.165, 1.54) is 30.8 Å². The summed E-state index contributed by atoms with van der Waals surface area (Å²) in [5.41, 5.74) is 1.46. The van der Waals surface area contributed by atoms with Crippen molar-refractivity contribution < 1.29 is 9.47 Å². The SMILES string of the molecule is CCc1nsc(N2CCN(CC3(COc4cccc(COC)c4)CCC3)CC2)n1. The third kappa shape index (κ3) is 5.08. The monoisotopic (exact) mass is 416 g/mol. The van der Waals surface area contributed by atoms with E-state index in [-0.39, 0.29) is 0 Å². The van der Waals surface area contributed by atoms with Crippen LogP contribution in [0.2, 0.25) is 0 Å². The minimum Gasteiger partial charge on any atom is -0.493 e. The molecule has 0 spiro atoms. The summed E-state index contributed by atoms with van der Waals surface area (Å²) in [5, 5.41) is 1.08. The van der Waals surface area contributed by atoms with Gasteiger partial charge in [0.15, 0.2) is 0 Å². The van der Waals surface area contributed by atoms with Crippen LogP contribution in [0.15, 0.2) is 24.3 Å². The lowest BCUT2D eigenvalue weighted by Gasteiger charge is -2.46. The number of aryl methyl sites for hydroxylation is 1. The highest BCUT2D eigenvalue weighted by atomic mass is 32.1. The number of methoxy groups -OCH3 is 1. The van der Waals surface area contributed by atoms with Crippen molar-refractivity contribution in [3.05, 3.63) is 35.7 Å². The van der Waals surface area contributed by atoms with E-state index in [0.29, 0.717) is 12.0 Å². The second kappa shape index (κ2) is 9.41. The number of piperazine rings is 1. The van der Waals surface area contributed by atoms with Gasteiger partial charge in [0.25, 0.3) is 0 Å². The quantitative estimate of drug-likeness (QED) is 0.622. The second-order valence-corrected chi connectivity index (χ2v) is 9.06. The molecule has 6 nitrogen and oxygen atoms in total. The van der Waals surface area contributed by atoms with Crippen molar-refractivity contribution >= 4 is 16.7 Å². The molecule has 0 N–H and O–H groups in total. The molecule has 1 aliphatic carbocycles. The maximum atomic E-state index is 6.24. The van der Waals surface area contributed by atoms with Crippen LogP contribution in [0, 0.1) is 5.41 Å². The van der Waals surface area contributed by atoms with Crippen LogP contribution in [0.4, 0.5) is 5.13 Å². The fourth-order valence-corrected chi connectivity index (χ4v) is 5.04. The fourth-order valence-electron chi connectivity index (χ4n) is 4.24. The number of rotatable bonds is 9. The first-order valence-electron chi connectivity index (χ1n) is 10.7. The Kier molecular flexibility index (Phi) is 6.67. The van der Waals surface area contributed by atoms with Gasteiger partial charge in [0.1, 0.15) is 11.6 Å². The number of hydrogen-bond donors (Lipinski definition) is 0. The van der Waals surface area contributed by atoms with Crippen LogP contribution < -0.4 is 9.64 Å². The molecule has 7 heteroatoms. The number of hydrogen-bond acceptors (Lipinski definition) is 7. The summed E-state index contributed by atoms with van der Waals surface area (Å²) < 4.78 is 15.9. The summed E-state index contributed by atoms with van der Waals surface area (Å²) in [6, 6.07) is 8.28. The summed E-state index contributed by atoms with van der Waals surface area (Å²) in [4.78, 5) is 9.65. The van der Waals surface area contributed by atoms with Gasteiger partial charge in [-0.25, -0.2) is 4.98 Å². The molecule has 1 aromatic carbocycles. The normalized spacial score (nSPS) is 19.2.